The van der Waals surface area contributed by atoms with Gasteiger partial charge >= 0.3 is 6.03 Å². The van der Waals surface area contributed by atoms with Crippen molar-refractivity contribution >= 4 is 39.2 Å². The first kappa shape index (κ1) is 18.4. The van der Waals surface area contributed by atoms with Crippen LogP contribution in [0.1, 0.15) is 23.2 Å². The van der Waals surface area contributed by atoms with E-state index >= 15 is 0 Å². The summed E-state index contributed by atoms with van der Waals surface area (Å²) >= 11 is 3.36. The maximum Gasteiger partial charge on any atom is 0.319 e. The Morgan fingerprint density at radius 3 is 2.38 bits per heavy atom. The van der Waals surface area contributed by atoms with Gasteiger partial charge in [-0.3, -0.25) is 4.79 Å². The monoisotopic (exact) mass is 417 g/mol. The molecule has 7 heteroatoms. The Morgan fingerprint density at radius 1 is 1.04 bits per heavy atom. The van der Waals surface area contributed by atoms with Crippen LogP contribution in [0.15, 0.2) is 53.0 Å². The number of carbonyl (C=O) groups is 2. The summed E-state index contributed by atoms with van der Waals surface area (Å²) in [4.78, 5) is 24.2. The molecule has 136 valence electrons. The number of anilines is 2. The summed E-state index contributed by atoms with van der Waals surface area (Å²) in [6.45, 7) is 1.27. The molecule has 2 aromatic rings. The molecule has 2 aromatic carbocycles. The van der Waals surface area contributed by atoms with Gasteiger partial charge in [0.05, 0.1) is 11.7 Å². The Bertz CT molecular complexity index is 774. The lowest BCUT2D eigenvalue weighted by Crippen LogP contribution is -2.35. The molecule has 1 fully saturated rings. The summed E-state index contributed by atoms with van der Waals surface area (Å²) < 4.78 is 6.20. The summed E-state index contributed by atoms with van der Waals surface area (Å²) in [6.07, 6.45) is 2.13. The van der Waals surface area contributed by atoms with Gasteiger partial charge in [0.2, 0.25) is 0 Å². The topological polar surface area (TPSA) is 79.5 Å². The highest BCUT2D eigenvalue weighted by atomic mass is 79.9. The second kappa shape index (κ2) is 8.82. The third-order valence-corrected chi connectivity index (χ3v) is 4.72. The van der Waals surface area contributed by atoms with Gasteiger partial charge in [-0.05, 0) is 65.2 Å². The molecular formula is C19H20BrN3O3. The summed E-state index contributed by atoms with van der Waals surface area (Å²) in [5.74, 6) is -0.201. The van der Waals surface area contributed by atoms with Crippen LogP contribution in [-0.4, -0.2) is 31.2 Å². The third kappa shape index (κ3) is 5.06. The number of urea groups is 1. The Balaban J connectivity index is 1.50. The number of carbonyl (C=O) groups excluding carboxylic acids is 2. The van der Waals surface area contributed by atoms with E-state index in [9.17, 15) is 9.59 Å². The van der Waals surface area contributed by atoms with Crippen molar-refractivity contribution in [2.45, 2.75) is 18.9 Å². The predicted octanol–water partition coefficient (Wildman–Crippen LogP) is 4.00. The molecule has 0 saturated carbocycles. The first-order chi connectivity index (χ1) is 12.6. The van der Waals surface area contributed by atoms with E-state index in [1.54, 1.807) is 30.3 Å². The van der Waals surface area contributed by atoms with Gasteiger partial charge in [0, 0.05) is 29.0 Å². The van der Waals surface area contributed by atoms with E-state index < -0.39 is 0 Å². The molecule has 1 aliphatic rings. The van der Waals surface area contributed by atoms with Crippen LogP contribution < -0.4 is 16.0 Å². The number of halogens is 1. The van der Waals surface area contributed by atoms with E-state index in [1.165, 1.54) is 0 Å². The molecule has 1 unspecified atom stereocenters. The normalized spacial score (nSPS) is 16.1. The molecule has 3 N–H and O–H groups in total. The van der Waals surface area contributed by atoms with Gasteiger partial charge in [-0.25, -0.2) is 4.79 Å². The fourth-order valence-electron chi connectivity index (χ4n) is 2.67. The standard InChI is InChI=1S/C19H20BrN3O3/c20-17-6-2-1-5-16(17)18(24)22-13-7-9-14(10-8-13)23-19(25)21-12-15-4-3-11-26-15/h1-2,5-10,15H,3-4,11-12H2,(H,22,24)(H2,21,23,25). The zero-order valence-corrected chi connectivity index (χ0v) is 15.7. The van der Waals surface area contributed by atoms with Crippen LogP contribution in [0.5, 0.6) is 0 Å². The van der Waals surface area contributed by atoms with E-state index in [-0.39, 0.29) is 18.0 Å². The summed E-state index contributed by atoms with van der Waals surface area (Å²) in [6, 6.07) is 13.9. The van der Waals surface area contributed by atoms with Gasteiger partial charge in [0.15, 0.2) is 0 Å². The summed E-state index contributed by atoms with van der Waals surface area (Å²) in [5.41, 5.74) is 1.85. The Hall–Kier alpha value is -2.38. The van der Waals surface area contributed by atoms with Crippen LogP contribution >= 0.6 is 15.9 Å². The largest absolute Gasteiger partial charge is 0.376 e. The second-order valence-corrected chi connectivity index (χ2v) is 6.84. The third-order valence-electron chi connectivity index (χ3n) is 4.03. The SMILES string of the molecule is O=C(NCC1CCCO1)Nc1ccc(NC(=O)c2ccccc2Br)cc1. The molecule has 1 saturated heterocycles. The van der Waals surface area contributed by atoms with Gasteiger partial charge < -0.3 is 20.7 Å². The molecule has 3 amide bonds. The van der Waals surface area contributed by atoms with Gasteiger partial charge in [0.1, 0.15) is 0 Å². The number of hydrogen-bond donors (Lipinski definition) is 3. The molecule has 1 atom stereocenters. The molecule has 1 heterocycles. The summed E-state index contributed by atoms with van der Waals surface area (Å²) in [5, 5.41) is 8.39. The second-order valence-electron chi connectivity index (χ2n) is 5.98. The van der Waals surface area contributed by atoms with Crippen molar-refractivity contribution in [3.63, 3.8) is 0 Å². The lowest BCUT2D eigenvalue weighted by atomic mass is 10.2. The Morgan fingerprint density at radius 2 is 1.73 bits per heavy atom. The Labute approximate surface area is 160 Å². The first-order valence-electron chi connectivity index (χ1n) is 8.44. The molecule has 1 aliphatic heterocycles. The summed E-state index contributed by atoms with van der Waals surface area (Å²) in [7, 11) is 0. The fraction of sp³-hybridized carbons (Fsp3) is 0.263. The van der Waals surface area contributed by atoms with E-state index in [4.69, 9.17) is 4.74 Å². The van der Waals surface area contributed by atoms with Crippen molar-refractivity contribution in [2.75, 3.05) is 23.8 Å². The number of nitrogens with one attached hydrogen (secondary N) is 3. The number of hydrogen-bond acceptors (Lipinski definition) is 3. The van der Waals surface area contributed by atoms with Crippen molar-refractivity contribution in [1.29, 1.82) is 0 Å². The van der Waals surface area contributed by atoms with Gasteiger partial charge in [-0.15, -0.1) is 0 Å². The van der Waals surface area contributed by atoms with Crippen LogP contribution in [0, 0.1) is 0 Å². The van der Waals surface area contributed by atoms with Gasteiger partial charge in [0.25, 0.3) is 5.91 Å². The van der Waals surface area contributed by atoms with E-state index in [0.29, 0.717) is 23.5 Å². The van der Waals surface area contributed by atoms with Crippen LogP contribution in [-0.2, 0) is 4.74 Å². The molecule has 0 bridgehead atoms. The van der Waals surface area contributed by atoms with E-state index in [2.05, 4.69) is 31.9 Å². The zero-order chi connectivity index (χ0) is 18.4. The number of amides is 3. The van der Waals surface area contributed by atoms with Gasteiger partial charge in [-0.2, -0.15) is 0 Å². The highest BCUT2D eigenvalue weighted by Crippen LogP contribution is 2.19. The molecular weight excluding hydrogens is 398 g/mol. The minimum atomic E-state index is -0.273. The first-order valence-corrected chi connectivity index (χ1v) is 9.23. The smallest absolute Gasteiger partial charge is 0.319 e. The van der Waals surface area contributed by atoms with Crippen molar-refractivity contribution in [3.8, 4) is 0 Å². The number of rotatable bonds is 5. The van der Waals surface area contributed by atoms with Crippen LogP contribution in [0.3, 0.4) is 0 Å². The molecule has 26 heavy (non-hydrogen) atoms. The highest BCUT2D eigenvalue weighted by molar-refractivity contribution is 9.10. The Kier molecular flexibility index (Phi) is 6.25. The van der Waals surface area contributed by atoms with Crippen LogP contribution in [0.2, 0.25) is 0 Å². The number of ether oxygens (including phenoxy) is 1. The minimum absolute atomic E-state index is 0.107. The molecule has 3 rings (SSSR count). The van der Waals surface area contributed by atoms with Crippen molar-refractivity contribution in [1.82, 2.24) is 5.32 Å². The van der Waals surface area contributed by atoms with Crippen LogP contribution in [0.4, 0.5) is 16.2 Å². The predicted molar refractivity (Wildman–Crippen MR) is 105 cm³/mol. The lowest BCUT2D eigenvalue weighted by Gasteiger charge is -2.12. The molecule has 0 aliphatic carbocycles. The average molecular weight is 418 g/mol. The average Bonchev–Trinajstić information content (AvgIpc) is 3.15. The highest BCUT2D eigenvalue weighted by Gasteiger charge is 2.16. The van der Waals surface area contributed by atoms with Crippen molar-refractivity contribution in [2.24, 2.45) is 0 Å². The quantitative estimate of drug-likeness (QED) is 0.687. The van der Waals surface area contributed by atoms with Gasteiger partial charge in [-0.1, -0.05) is 12.1 Å². The molecule has 0 radical (unpaired) electrons. The van der Waals surface area contributed by atoms with E-state index in [0.717, 1.165) is 23.9 Å². The van der Waals surface area contributed by atoms with E-state index in [1.807, 2.05) is 18.2 Å². The zero-order valence-electron chi connectivity index (χ0n) is 14.1. The lowest BCUT2D eigenvalue weighted by molar-refractivity contribution is 0.102. The van der Waals surface area contributed by atoms with Crippen molar-refractivity contribution in [3.05, 3.63) is 58.6 Å². The minimum Gasteiger partial charge on any atom is -0.376 e. The molecule has 0 spiro atoms. The molecule has 6 nitrogen and oxygen atoms in total. The molecule has 0 aromatic heterocycles. The fourth-order valence-corrected chi connectivity index (χ4v) is 3.13. The maximum atomic E-state index is 12.3. The van der Waals surface area contributed by atoms with Crippen molar-refractivity contribution < 1.29 is 14.3 Å². The van der Waals surface area contributed by atoms with Crippen LogP contribution in [0.25, 0.3) is 0 Å². The maximum absolute atomic E-state index is 12.3. The number of benzene rings is 2.